The fraction of sp³-hybridized carbons (Fsp3) is 0.105. The summed E-state index contributed by atoms with van der Waals surface area (Å²) in [7, 11) is 0. The molecule has 0 atom stereocenters. The fourth-order valence-electron chi connectivity index (χ4n) is 2.29. The molecule has 4 heteroatoms. The molecule has 0 aliphatic carbocycles. The van der Waals surface area contributed by atoms with Crippen LogP contribution in [0.3, 0.4) is 0 Å². The smallest absolute Gasteiger partial charge is 0.147 e. The Morgan fingerprint density at radius 2 is 1.74 bits per heavy atom. The minimum absolute atomic E-state index is 0.216. The normalized spacial score (nSPS) is 10.5. The highest BCUT2D eigenvalue weighted by atomic mass is 19.1. The molecule has 3 rings (SSSR count). The zero-order chi connectivity index (χ0) is 16.1. The molecule has 0 fully saturated rings. The van der Waals surface area contributed by atoms with Crippen molar-refractivity contribution in [2.45, 2.75) is 13.2 Å². The largest absolute Gasteiger partial charge is 0.488 e. The van der Waals surface area contributed by atoms with Gasteiger partial charge in [-0.1, -0.05) is 42.5 Å². The van der Waals surface area contributed by atoms with Gasteiger partial charge in [0.15, 0.2) is 0 Å². The minimum atomic E-state index is -0.515. The number of hydrogen-bond donors (Lipinski definition) is 1. The maximum Gasteiger partial charge on any atom is 0.147 e. The van der Waals surface area contributed by atoms with E-state index in [0.29, 0.717) is 18.1 Å². The van der Waals surface area contributed by atoms with Crippen molar-refractivity contribution < 1.29 is 14.2 Å². The maximum absolute atomic E-state index is 13.5. The Balaban J connectivity index is 1.88. The lowest BCUT2D eigenvalue weighted by Crippen LogP contribution is -1.99. The number of rotatable bonds is 5. The molecule has 0 saturated heterocycles. The Labute approximate surface area is 134 Å². The molecule has 0 unspecified atom stereocenters. The van der Waals surface area contributed by atoms with Gasteiger partial charge in [0.1, 0.15) is 18.2 Å². The van der Waals surface area contributed by atoms with E-state index >= 15 is 0 Å². The lowest BCUT2D eigenvalue weighted by molar-refractivity contribution is 0.275. The summed E-state index contributed by atoms with van der Waals surface area (Å²) in [5, 5.41) is 9.21. The highest BCUT2D eigenvalue weighted by Crippen LogP contribution is 2.30. The van der Waals surface area contributed by atoms with Crippen molar-refractivity contribution >= 4 is 0 Å². The van der Waals surface area contributed by atoms with Crippen LogP contribution in [0.25, 0.3) is 11.3 Å². The molecule has 3 nitrogen and oxygen atoms in total. The van der Waals surface area contributed by atoms with E-state index < -0.39 is 5.82 Å². The minimum Gasteiger partial charge on any atom is -0.488 e. The highest BCUT2D eigenvalue weighted by molar-refractivity contribution is 5.67. The molecule has 0 aliphatic heterocycles. The lowest BCUT2D eigenvalue weighted by Gasteiger charge is -2.12. The van der Waals surface area contributed by atoms with Crippen LogP contribution < -0.4 is 4.74 Å². The Bertz CT molecular complexity index is 790. The summed E-state index contributed by atoms with van der Waals surface area (Å²) >= 11 is 0. The van der Waals surface area contributed by atoms with Crippen molar-refractivity contribution in [1.82, 2.24) is 4.98 Å². The molecular weight excluding hydrogens is 293 g/mol. The van der Waals surface area contributed by atoms with Crippen LogP contribution in [0.2, 0.25) is 0 Å². The van der Waals surface area contributed by atoms with Crippen molar-refractivity contribution in [3.8, 4) is 17.0 Å². The molecule has 1 aromatic heterocycles. The van der Waals surface area contributed by atoms with Gasteiger partial charge in [-0.3, -0.25) is 4.98 Å². The van der Waals surface area contributed by atoms with Gasteiger partial charge in [-0.05, 0) is 23.8 Å². The van der Waals surface area contributed by atoms with Crippen LogP contribution >= 0.6 is 0 Å². The molecule has 3 aromatic rings. The monoisotopic (exact) mass is 309 g/mol. The van der Waals surface area contributed by atoms with Gasteiger partial charge in [0, 0.05) is 11.1 Å². The second-order valence-electron chi connectivity index (χ2n) is 5.09. The van der Waals surface area contributed by atoms with Crippen LogP contribution in [0.15, 0.2) is 66.9 Å². The molecule has 23 heavy (non-hydrogen) atoms. The number of halogens is 1. The molecule has 0 amide bonds. The fourth-order valence-corrected chi connectivity index (χ4v) is 2.29. The lowest BCUT2D eigenvalue weighted by atomic mass is 10.1. The number of para-hydroxylation sites is 1. The third kappa shape index (κ3) is 3.55. The Kier molecular flexibility index (Phi) is 4.64. The molecule has 116 valence electrons. The Morgan fingerprint density at radius 3 is 2.52 bits per heavy atom. The van der Waals surface area contributed by atoms with Crippen LogP contribution in [0.4, 0.5) is 4.39 Å². The summed E-state index contributed by atoms with van der Waals surface area (Å²) < 4.78 is 19.4. The van der Waals surface area contributed by atoms with Gasteiger partial charge in [-0.2, -0.15) is 0 Å². The molecule has 0 spiro atoms. The van der Waals surface area contributed by atoms with Gasteiger partial charge in [-0.25, -0.2) is 4.39 Å². The Hall–Kier alpha value is -2.72. The van der Waals surface area contributed by atoms with Gasteiger partial charge < -0.3 is 9.84 Å². The van der Waals surface area contributed by atoms with Crippen molar-refractivity contribution in [3.63, 3.8) is 0 Å². The predicted octanol–water partition coefficient (Wildman–Crippen LogP) is 3.96. The van der Waals surface area contributed by atoms with E-state index in [4.69, 9.17) is 4.74 Å². The van der Waals surface area contributed by atoms with Crippen LogP contribution in [0, 0.1) is 5.82 Å². The van der Waals surface area contributed by atoms with Gasteiger partial charge in [-0.15, -0.1) is 0 Å². The average molecular weight is 309 g/mol. The van der Waals surface area contributed by atoms with Crippen LogP contribution in [0.1, 0.15) is 11.1 Å². The molecule has 0 aliphatic rings. The highest BCUT2D eigenvalue weighted by Gasteiger charge is 2.10. The van der Waals surface area contributed by atoms with Gasteiger partial charge in [0.05, 0.1) is 18.5 Å². The number of aliphatic hydroxyl groups excluding tert-OH is 1. The molecule has 0 radical (unpaired) electrons. The summed E-state index contributed by atoms with van der Waals surface area (Å²) in [5.74, 6) is 0.151. The van der Waals surface area contributed by atoms with Crippen molar-refractivity contribution in [3.05, 3.63) is 83.8 Å². The second-order valence-corrected chi connectivity index (χ2v) is 5.09. The molecule has 1 N–H and O–H groups in total. The van der Waals surface area contributed by atoms with E-state index in [-0.39, 0.29) is 12.2 Å². The molecular formula is C19H16FNO2. The Morgan fingerprint density at radius 1 is 1.00 bits per heavy atom. The third-order valence-electron chi connectivity index (χ3n) is 3.51. The molecule has 0 saturated carbocycles. The first-order chi connectivity index (χ1) is 11.3. The summed E-state index contributed by atoms with van der Waals surface area (Å²) in [5.41, 5.74) is 2.61. The zero-order valence-electron chi connectivity index (χ0n) is 12.4. The maximum atomic E-state index is 13.5. The number of ether oxygens (including phenoxy) is 1. The molecule has 1 heterocycles. The summed E-state index contributed by atoms with van der Waals surface area (Å²) in [4.78, 5) is 4.11. The van der Waals surface area contributed by atoms with E-state index in [9.17, 15) is 9.50 Å². The van der Waals surface area contributed by atoms with E-state index in [0.717, 1.165) is 17.3 Å². The van der Waals surface area contributed by atoms with Crippen LogP contribution in [-0.2, 0) is 13.2 Å². The molecule has 0 bridgehead atoms. The standard InChI is InChI=1S/C19H16FNO2/c20-17-11-21-18(10-15(17)12-22)16-8-4-5-9-19(16)23-13-14-6-2-1-3-7-14/h1-11,22H,12-13H2. The SMILES string of the molecule is OCc1cc(-c2ccccc2OCc2ccccc2)ncc1F. The van der Waals surface area contributed by atoms with E-state index in [1.807, 2.05) is 54.6 Å². The summed E-state index contributed by atoms with van der Waals surface area (Å²) in [6.45, 7) is 0.0697. The van der Waals surface area contributed by atoms with E-state index in [1.165, 1.54) is 0 Å². The number of aromatic nitrogens is 1. The van der Waals surface area contributed by atoms with Crippen molar-refractivity contribution in [2.75, 3.05) is 0 Å². The molecule has 2 aromatic carbocycles. The number of hydrogen-bond acceptors (Lipinski definition) is 3. The van der Waals surface area contributed by atoms with E-state index in [2.05, 4.69) is 4.98 Å². The van der Waals surface area contributed by atoms with Gasteiger partial charge in [0.25, 0.3) is 0 Å². The van der Waals surface area contributed by atoms with Gasteiger partial charge in [0.2, 0.25) is 0 Å². The van der Waals surface area contributed by atoms with Gasteiger partial charge >= 0.3 is 0 Å². The zero-order valence-corrected chi connectivity index (χ0v) is 12.4. The number of aliphatic hydroxyl groups is 1. The van der Waals surface area contributed by atoms with Crippen LogP contribution in [0.5, 0.6) is 5.75 Å². The quantitative estimate of drug-likeness (QED) is 0.775. The summed E-state index contributed by atoms with van der Waals surface area (Å²) in [6.07, 6.45) is 1.12. The second kappa shape index (κ2) is 7.03. The predicted molar refractivity (Wildman–Crippen MR) is 86.3 cm³/mol. The topological polar surface area (TPSA) is 42.4 Å². The number of nitrogens with zero attached hydrogens (tertiary/aromatic N) is 1. The number of pyridine rings is 1. The first kappa shape index (κ1) is 15.2. The van der Waals surface area contributed by atoms with Crippen molar-refractivity contribution in [1.29, 1.82) is 0 Å². The van der Waals surface area contributed by atoms with Crippen molar-refractivity contribution in [2.24, 2.45) is 0 Å². The first-order valence-electron chi connectivity index (χ1n) is 7.29. The van der Waals surface area contributed by atoms with Crippen LogP contribution in [-0.4, -0.2) is 10.1 Å². The third-order valence-corrected chi connectivity index (χ3v) is 3.51. The first-order valence-corrected chi connectivity index (χ1v) is 7.29. The average Bonchev–Trinajstić information content (AvgIpc) is 2.61. The summed E-state index contributed by atoms with van der Waals surface area (Å²) in [6, 6.07) is 18.8. The number of benzene rings is 2. The van der Waals surface area contributed by atoms with E-state index in [1.54, 1.807) is 6.07 Å².